The molecule has 7 heteroatoms. The summed E-state index contributed by atoms with van der Waals surface area (Å²) in [5.74, 6) is -2.11. The largest absolute Gasteiger partial charge is 0.461 e. The molecular weight excluding hydrogens is 220 g/mol. The number of ether oxygens (including phenoxy) is 4. The molecule has 0 aromatic rings. The molecule has 0 saturated carbocycles. The van der Waals surface area contributed by atoms with Crippen molar-refractivity contribution in [1.82, 2.24) is 0 Å². The van der Waals surface area contributed by atoms with Gasteiger partial charge in [-0.3, -0.25) is 0 Å². The standard InChI is InChI=1S/C9H16O7/c1-13-3-5-15-8(11)7(10)9(12)16-6-4-14-2/h7,10H,3-6H2,1-2H3. The maximum atomic E-state index is 11.0. The van der Waals surface area contributed by atoms with E-state index in [4.69, 9.17) is 5.11 Å². The summed E-state index contributed by atoms with van der Waals surface area (Å²) in [6, 6.07) is 0. The zero-order valence-corrected chi connectivity index (χ0v) is 9.30. The van der Waals surface area contributed by atoms with E-state index in [9.17, 15) is 9.59 Å². The van der Waals surface area contributed by atoms with Gasteiger partial charge in [-0.2, -0.15) is 0 Å². The van der Waals surface area contributed by atoms with Gasteiger partial charge in [-0.15, -0.1) is 0 Å². The van der Waals surface area contributed by atoms with Crippen LogP contribution in [0.3, 0.4) is 0 Å². The molecule has 0 radical (unpaired) electrons. The van der Waals surface area contributed by atoms with E-state index in [2.05, 4.69) is 18.9 Å². The van der Waals surface area contributed by atoms with Gasteiger partial charge < -0.3 is 24.1 Å². The van der Waals surface area contributed by atoms with Crippen LogP contribution in [0.15, 0.2) is 0 Å². The van der Waals surface area contributed by atoms with Gasteiger partial charge >= 0.3 is 11.9 Å². The molecule has 0 aliphatic heterocycles. The van der Waals surface area contributed by atoms with E-state index in [1.165, 1.54) is 14.2 Å². The zero-order valence-electron chi connectivity index (χ0n) is 9.30. The molecule has 0 aromatic carbocycles. The number of hydrogen-bond donors (Lipinski definition) is 1. The van der Waals surface area contributed by atoms with Crippen molar-refractivity contribution >= 4 is 11.9 Å². The van der Waals surface area contributed by atoms with Crippen LogP contribution in [-0.2, 0) is 28.5 Å². The molecule has 0 heterocycles. The summed E-state index contributed by atoms with van der Waals surface area (Å²) in [7, 11) is 2.87. The lowest BCUT2D eigenvalue weighted by Gasteiger charge is -2.10. The molecule has 0 aromatic heterocycles. The van der Waals surface area contributed by atoms with Crippen molar-refractivity contribution < 1.29 is 33.6 Å². The Morgan fingerprint density at radius 3 is 1.62 bits per heavy atom. The molecule has 94 valence electrons. The van der Waals surface area contributed by atoms with Gasteiger partial charge in [0, 0.05) is 14.2 Å². The third-order valence-corrected chi connectivity index (χ3v) is 1.51. The monoisotopic (exact) mass is 236 g/mol. The average Bonchev–Trinajstić information content (AvgIpc) is 2.28. The fourth-order valence-electron chi connectivity index (χ4n) is 0.705. The van der Waals surface area contributed by atoms with E-state index in [0.717, 1.165) is 0 Å². The van der Waals surface area contributed by atoms with Gasteiger partial charge in [-0.05, 0) is 0 Å². The van der Waals surface area contributed by atoms with Crippen molar-refractivity contribution in [1.29, 1.82) is 0 Å². The van der Waals surface area contributed by atoms with E-state index < -0.39 is 18.0 Å². The number of esters is 2. The first kappa shape index (κ1) is 14.8. The highest BCUT2D eigenvalue weighted by Crippen LogP contribution is 1.93. The van der Waals surface area contributed by atoms with Crippen LogP contribution in [0.1, 0.15) is 0 Å². The first-order valence-corrected chi connectivity index (χ1v) is 4.62. The van der Waals surface area contributed by atoms with Crippen molar-refractivity contribution in [2.45, 2.75) is 6.10 Å². The lowest BCUT2D eigenvalue weighted by molar-refractivity contribution is -0.170. The quantitative estimate of drug-likeness (QED) is 0.319. The Kier molecular flexibility index (Phi) is 8.41. The van der Waals surface area contributed by atoms with Gasteiger partial charge in [0.2, 0.25) is 6.10 Å². The molecule has 0 spiro atoms. The van der Waals surface area contributed by atoms with Crippen LogP contribution in [-0.4, -0.2) is 63.8 Å². The zero-order chi connectivity index (χ0) is 12.4. The number of methoxy groups -OCH3 is 2. The van der Waals surface area contributed by atoms with Gasteiger partial charge in [-0.1, -0.05) is 0 Å². The molecule has 0 fully saturated rings. The average molecular weight is 236 g/mol. The second-order valence-electron chi connectivity index (χ2n) is 2.72. The minimum Gasteiger partial charge on any atom is -0.461 e. The smallest absolute Gasteiger partial charge is 0.346 e. The summed E-state index contributed by atoms with van der Waals surface area (Å²) >= 11 is 0. The van der Waals surface area contributed by atoms with Crippen molar-refractivity contribution in [3.05, 3.63) is 0 Å². The molecule has 16 heavy (non-hydrogen) atoms. The summed E-state index contributed by atoms with van der Waals surface area (Å²) in [4.78, 5) is 22.1. The van der Waals surface area contributed by atoms with E-state index >= 15 is 0 Å². The van der Waals surface area contributed by atoms with E-state index in [1.54, 1.807) is 0 Å². The Morgan fingerprint density at radius 2 is 1.31 bits per heavy atom. The lowest BCUT2D eigenvalue weighted by Crippen LogP contribution is -2.34. The van der Waals surface area contributed by atoms with Gasteiger partial charge in [0.1, 0.15) is 13.2 Å². The second kappa shape index (κ2) is 9.08. The van der Waals surface area contributed by atoms with E-state index in [0.29, 0.717) is 0 Å². The summed E-state index contributed by atoms with van der Waals surface area (Å²) in [6.07, 6.45) is -1.92. The number of rotatable bonds is 8. The SMILES string of the molecule is COCCOC(=O)C(O)C(=O)OCCOC. The Hall–Kier alpha value is -1.18. The van der Waals surface area contributed by atoms with Crippen molar-refractivity contribution in [2.24, 2.45) is 0 Å². The summed E-state index contributed by atoms with van der Waals surface area (Å²) in [6.45, 7) is 0.323. The normalized spacial score (nSPS) is 10.2. The number of aliphatic hydroxyl groups is 1. The maximum Gasteiger partial charge on any atom is 0.346 e. The van der Waals surface area contributed by atoms with Crippen LogP contribution < -0.4 is 0 Å². The molecule has 0 aliphatic carbocycles. The Morgan fingerprint density at radius 1 is 0.938 bits per heavy atom. The van der Waals surface area contributed by atoms with Gasteiger partial charge in [0.25, 0.3) is 0 Å². The predicted octanol–water partition coefficient (Wildman–Crippen LogP) is -1.27. The van der Waals surface area contributed by atoms with E-state index in [1.807, 2.05) is 0 Å². The van der Waals surface area contributed by atoms with Crippen LogP contribution in [0, 0.1) is 0 Å². The molecule has 0 atom stereocenters. The molecule has 0 aliphatic rings. The predicted molar refractivity (Wildman–Crippen MR) is 51.7 cm³/mol. The minimum absolute atomic E-state index is 0.0300. The fourth-order valence-corrected chi connectivity index (χ4v) is 0.705. The molecular formula is C9H16O7. The summed E-state index contributed by atoms with van der Waals surface area (Å²) in [5, 5.41) is 9.15. The highest BCUT2D eigenvalue weighted by Gasteiger charge is 2.26. The van der Waals surface area contributed by atoms with E-state index in [-0.39, 0.29) is 26.4 Å². The summed E-state index contributed by atoms with van der Waals surface area (Å²) in [5.41, 5.74) is 0. The molecule has 0 amide bonds. The van der Waals surface area contributed by atoms with Crippen molar-refractivity contribution in [3.63, 3.8) is 0 Å². The number of aliphatic hydroxyl groups excluding tert-OH is 1. The number of hydrogen-bond acceptors (Lipinski definition) is 7. The third-order valence-electron chi connectivity index (χ3n) is 1.51. The number of carbonyl (C=O) groups is 2. The molecule has 0 bridgehead atoms. The fraction of sp³-hybridized carbons (Fsp3) is 0.778. The highest BCUT2D eigenvalue weighted by atomic mass is 16.6. The molecule has 0 rings (SSSR count). The van der Waals surface area contributed by atoms with Crippen LogP contribution in [0.25, 0.3) is 0 Å². The Balaban J connectivity index is 3.78. The summed E-state index contributed by atoms with van der Waals surface area (Å²) < 4.78 is 18.3. The van der Waals surface area contributed by atoms with Gasteiger partial charge in [0.15, 0.2) is 0 Å². The van der Waals surface area contributed by atoms with Gasteiger partial charge in [0.05, 0.1) is 13.2 Å². The minimum atomic E-state index is -1.92. The lowest BCUT2D eigenvalue weighted by atomic mass is 10.4. The highest BCUT2D eigenvalue weighted by molar-refractivity contribution is 5.97. The maximum absolute atomic E-state index is 11.0. The van der Waals surface area contributed by atoms with Gasteiger partial charge in [-0.25, -0.2) is 9.59 Å². The van der Waals surface area contributed by atoms with Crippen molar-refractivity contribution in [2.75, 3.05) is 40.6 Å². The molecule has 7 nitrogen and oxygen atoms in total. The molecule has 1 N–H and O–H groups in total. The molecule has 0 saturated heterocycles. The first-order valence-electron chi connectivity index (χ1n) is 4.62. The van der Waals surface area contributed by atoms with Crippen LogP contribution in [0.2, 0.25) is 0 Å². The van der Waals surface area contributed by atoms with Crippen molar-refractivity contribution in [3.8, 4) is 0 Å². The molecule has 0 unspecified atom stereocenters. The van der Waals surface area contributed by atoms with Crippen LogP contribution in [0.4, 0.5) is 0 Å². The Bertz CT molecular complexity index is 194. The first-order chi connectivity index (χ1) is 7.63. The topological polar surface area (TPSA) is 91.3 Å². The van der Waals surface area contributed by atoms with Crippen LogP contribution in [0.5, 0.6) is 0 Å². The number of carbonyl (C=O) groups excluding carboxylic acids is 2. The van der Waals surface area contributed by atoms with Crippen LogP contribution >= 0.6 is 0 Å². The third kappa shape index (κ3) is 6.33. The second-order valence-corrected chi connectivity index (χ2v) is 2.72. The Labute approximate surface area is 93.2 Å².